The third-order valence-corrected chi connectivity index (χ3v) is 4.68. The van der Waals surface area contributed by atoms with E-state index in [1.807, 2.05) is 54.6 Å². The molecule has 0 saturated heterocycles. The van der Waals surface area contributed by atoms with Crippen LogP contribution in [0.5, 0.6) is 0 Å². The highest BCUT2D eigenvalue weighted by Crippen LogP contribution is 2.41. The average molecular weight is 378 g/mol. The molecule has 28 heavy (non-hydrogen) atoms. The summed E-state index contributed by atoms with van der Waals surface area (Å²) in [4.78, 5) is 24.8. The predicted molar refractivity (Wildman–Crippen MR) is 106 cm³/mol. The SMILES string of the molecule is CCOC(=O)C1=C(N)NC(C)=C(C(=O)O)C1c1ccccc1-c1ccccc1. The molecule has 1 unspecified atom stereocenters. The summed E-state index contributed by atoms with van der Waals surface area (Å²) < 4.78 is 5.18. The summed E-state index contributed by atoms with van der Waals surface area (Å²) in [6.45, 7) is 3.49. The fourth-order valence-electron chi connectivity index (χ4n) is 3.51. The van der Waals surface area contributed by atoms with Gasteiger partial charge in [-0.1, -0.05) is 54.6 Å². The van der Waals surface area contributed by atoms with Gasteiger partial charge in [-0.05, 0) is 30.5 Å². The van der Waals surface area contributed by atoms with Crippen molar-refractivity contribution in [2.45, 2.75) is 19.8 Å². The van der Waals surface area contributed by atoms with Gasteiger partial charge >= 0.3 is 11.9 Å². The van der Waals surface area contributed by atoms with Crippen LogP contribution in [0.1, 0.15) is 25.3 Å². The van der Waals surface area contributed by atoms with E-state index in [-0.39, 0.29) is 23.6 Å². The Bertz CT molecular complexity index is 977. The molecule has 3 rings (SSSR count). The highest BCUT2D eigenvalue weighted by atomic mass is 16.5. The maximum absolute atomic E-state index is 12.7. The molecular weight excluding hydrogens is 356 g/mol. The van der Waals surface area contributed by atoms with Crippen LogP contribution in [0, 0.1) is 0 Å². The quantitative estimate of drug-likeness (QED) is 0.691. The van der Waals surface area contributed by atoms with Gasteiger partial charge in [0.15, 0.2) is 0 Å². The van der Waals surface area contributed by atoms with Gasteiger partial charge in [0.25, 0.3) is 0 Å². The van der Waals surface area contributed by atoms with Crippen molar-refractivity contribution >= 4 is 11.9 Å². The van der Waals surface area contributed by atoms with Crippen LogP contribution in [-0.4, -0.2) is 23.7 Å². The van der Waals surface area contributed by atoms with Gasteiger partial charge in [-0.3, -0.25) is 0 Å². The van der Waals surface area contributed by atoms with Crippen LogP contribution in [0.15, 0.2) is 77.3 Å². The van der Waals surface area contributed by atoms with E-state index >= 15 is 0 Å². The van der Waals surface area contributed by atoms with Gasteiger partial charge in [0.05, 0.1) is 23.7 Å². The molecule has 1 aliphatic rings. The molecule has 0 spiro atoms. The first kappa shape index (κ1) is 19.2. The molecule has 1 aliphatic heterocycles. The summed E-state index contributed by atoms with van der Waals surface area (Å²) in [7, 11) is 0. The minimum atomic E-state index is -1.12. The minimum absolute atomic E-state index is 0.0700. The number of aliphatic carboxylic acids is 1. The Labute approximate surface area is 163 Å². The van der Waals surface area contributed by atoms with E-state index in [4.69, 9.17) is 10.5 Å². The average Bonchev–Trinajstić information content (AvgIpc) is 2.67. The lowest BCUT2D eigenvalue weighted by Gasteiger charge is -2.30. The lowest BCUT2D eigenvalue weighted by molar-refractivity contribution is -0.138. The Morgan fingerprint density at radius 1 is 1.07 bits per heavy atom. The number of rotatable bonds is 5. The largest absolute Gasteiger partial charge is 0.478 e. The first-order chi connectivity index (χ1) is 13.5. The predicted octanol–water partition coefficient (Wildman–Crippen LogP) is 3.13. The van der Waals surface area contributed by atoms with Crippen LogP contribution in [0.3, 0.4) is 0 Å². The summed E-state index contributed by atoms with van der Waals surface area (Å²) in [5.41, 5.74) is 9.12. The zero-order valence-electron chi connectivity index (χ0n) is 15.7. The summed E-state index contributed by atoms with van der Waals surface area (Å²) in [6.07, 6.45) is 0. The topological polar surface area (TPSA) is 102 Å². The first-order valence-electron chi connectivity index (χ1n) is 8.97. The van der Waals surface area contributed by atoms with Crippen LogP contribution in [0.2, 0.25) is 0 Å². The number of benzene rings is 2. The van der Waals surface area contributed by atoms with Crippen molar-refractivity contribution in [3.63, 3.8) is 0 Å². The van der Waals surface area contributed by atoms with Gasteiger partial charge in [-0.2, -0.15) is 0 Å². The van der Waals surface area contributed by atoms with Crippen LogP contribution in [0.25, 0.3) is 11.1 Å². The number of dihydropyridines is 1. The van der Waals surface area contributed by atoms with Crippen LogP contribution in [-0.2, 0) is 14.3 Å². The first-order valence-corrected chi connectivity index (χ1v) is 8.97. The number of carboxylic acids is 1. The molecule has 0 saturated carbocycles. The van der Waals surface area contributed by atoms with Gasteiger partial charge in [0, 0.05) is 5.70 Å². The number of nitrogens with one attached hydrogen (secondary N) is 1. The summed E-state index contributed by atoms with van der Waals surface area (Å²) in [5.74, 6) is -2.50. The highest BCUT2D eigenvalue weighted by Gasteiger charge is 2.38. The van der Waals surface area contributed by atoms with Gasteiger partial charge in [0.1, 0.15) is 5.82 Å². The maximum Gasteiger partial charge on any atom is 0.338 e. The normalized spacial score (nSPS) is 16.6. The Kier molecular flexibility index (Phi) is 5.49. The second kappa shape index (κ2) is 8.00. The van der Waals surface area contributed by atoms with Crippen molar-refractivity contribution in [1.82, 2.24) is 5.32 Å². The van der Waals surface area contributed by atoms with Crippen molar-refractivity contribution in [2.75, 3.05) is 6.61 Å². The second-order valence-corrected chi connectivity index (χ2v) is 6.40. The van der Waals surface area contributed by atoms with Crippen molar-refractivity contribution in [2.24, 2.45) is 5.73 Å². The number of esters is 1. The molecule has 6 heteroatoms. The fraction of sp³-hybridized carbons (Fsp3) is 0.182. The molecule has 144 valence electrons. The zero-order valence-corrected chi connectivity index (χ0v) is 15.7. The lowest BCUT2D eigenvalue weighted by Crippen LogP contribution is -2.35. The Morgan fingerprint density at radius 3 is 2.36 bits per heavy atom. The van der Waals surface area contributed by atoms with Crippen molar-refractivity contribution in [3.8, 4) is 11.1 Å². The molecule has 2 aromatic carbocycles. The van der Waals surface area contributed by atoms with Gasteiger partial charge < -0.3 is 20.9 Å². The molecule has 0 aromatic heterocycles. The van der Waals surface area contributed by atoms with E-state index in [0.29, 0.717) is 11.3 Å². The van der Waals surface area contributed by atoms with Crippen molar-refractivity contribution in [3.05, 3.63) is 82.8 Å². The number of carbonyl (C=O) groups excluding carboxylic acids is 1. The van der Waals surface area contributed by atoms with Gasteiger partial charge in [-0.25, -0.2) is 9.59 Å². The number of allylic oxidation sites excluding steroid dienone is 1. The van der Waals surface area contributed by atoms with Crippen molar-refractivity contribution in [1.29, 1.82) is 0 Å². The number of hydrogen-bond acceptors (Lipinski definition) is 5. The molecule has 6 nitrogen and oxygen atoms in total. The number of nitrogens with two attached hydrogens (primary N) is 1. The van der Waals surface area contributed by atoms with E-state index in [9.17, 15) is 14.7 Å². The van der Waals surface area contributed by atoms with Crippen LogP contribution in [0.4, 0.5) is 0 Å². The van der Waals surface area contributed by atoms with Crippen LogP contribution < -0.4 is 11.1 Å². The van der Waals surface area contributed by atoms with E-state index < -0.39 is 17.9 Å². The standard InChI is InChI=1S/C22H22N2O4/c1-3-28-22(27)19-18(17(21(25)26)13(2)24-20(19)23)16-12-8-7-11-15(16)14-9-5-4-6-10-14/h4-12,18,24H,3,23H2,1-2H3,(H,25,26). The minimum Gasteiger partial charge on any atom is -0.478 e. The fourth-order valence-corrected chi connectivity index (χ4v) is 3.51. The number of carbonyl (C=O) groups is 2. The molecule has 1 atom stereocenters. The second-order valence-electron chi connectivity index (χ2n) is 6.40. The van der Waals surface area contributed by atoms with Gasteiger partial charge in [-0.15, -0.1) is 0 Å². The summed E-state index contributed by atoms with van der Waals surface area (Å²) in [6, 6.07) is 17.0. The molecule has 2 aromatic rings. The smallest absolute Gasteiger partial charge is 0.338 e. The summed E-state index contributed by atoms with van der Waals surface area (Å²) in [5, 5.41) is 12.7. The monoisotopic (exact) mass is 378 g/mol. The molecule has 0 aliphatic carbocycles. The maximum atomic E-state index is 12.7. The zero-order chi connectivity index (χ0) is 20.3. The molecule has 0 fully saturated rings. The molecule has 0 amide bonds. The molecule has 0 bridgehead atoms. The Morgan fingerprint density at radius 2 is 1.71 bits per heavy atom. The number of hydrogen-bond donors (Lipinski definition) is 3. The Balaban J connectivity index is 2.27. The molecule has 0 radical (unpaired) electrons. The van der Waals surface area contributed by atoms with E-state index in [2.05, 4.69) is 5.32 Å². The third-order valence-electron chi connectivity index (χ3n) is 4.68. The van der Waals surface area contributed by atoms with Crippen LogP contribution >= 0.6 is 0 Å². The highest BCUT2D eigenvalue weighted by molar-refractivity contribution is 6.00. The van der Waals surface area contributed by atoms with Gasteiger partial charge in [0.2, 0.25) is 0 Å². The van der Waals surface area contributed by atoms with E-state index in [0.717, 1.165) is 11.1 Å². The third kappa shape index (κ3) is 3.49. The van der Waals surface area contributed by atoms with Crippen molar-refractivity contribution < 1.29 is 19.4 Å². The molecule has 4 N–H and O–H groups in total. The van der Waals surface area contributed by atoms with E-state index in [1.165, 1.54) is 0 Å². The summed E-state index contributed by atoms with van der Waals surface area (Å²) >= 11 is 0. The molecular formula is C22H22N2O4. The Hall–Kier alpha value is -3.54. The van der Waals surface area contributed by atoms with E-state index in [1.54, 1.807) is 13.8 Å². The lowest BCUT2D eigenvalue weighted by atomic mass is 9.78. The molecule has 1 heterocycles. The number of ether oxygens (including phenoxy) is 1. The number of carboxylic acid groups (broad SMARTS) is 1.